The van der Waals surface area contributed by atoms with Gasteiger partial charge in [-0.05, 0) is 51.7 Å². The summed E-state index contributed by atoms with van der Waals surface area (Å²) in [4.78, 5) is 27.2. The number of aliphatic hydroxyl groups is 1. The van der Waals surface area contributed by atoms with E-state index in [2.05, 4.69) is 5.32 Å². The van der Waals surface area contributed by atoms with E-state index in [0.29, 0.717) is 18.5 Å². The Morgan fingerprint density at radius 3 is 2.35 bits per heavy atom. The zero-order chi connectivity index (χ0) is 18.7. The first-order chi connectivity index (χ1) is 12.5. The Balaban J connectivity index is 1.68. The standard InChI is InChI=1S/C21H30N2O3/c1-14-11-15(2)13-16(12-14)21(26)23-10-6-9-18(23)19(24)20(25)22-17-7-4-3-5-8-17/h11-13,17-19,24H,3-10H2,1-2H3,(H,22,25)/t18-,19?/m0/s1. The van der Waals surface area contributed by atoms with Crippen LogP contribution in [0.2, 0.25) is 0 Å². The second kappa shape index (κ2) is 8.21. The van der Waals surface area contributed by atoms with E-state index in [9.17, 15) is 14.7 Å². The fourth-order valence-corrected chi connectivity index (χ4v) is 4.35. The van der Waals surface area contributed by atoms with Crippen LogP contribution in [0.25, 0.3) is 0 Å². The summed E-state index contributed by atoms with van der Waals surface area (Å²) in [7, 11) is 0. The summed E-state index contributed by atoms with van der Waals surface area (Å²) in [5.74, 6) is -0.425. The lowest BCUT2D eigenvalue weighted by Gasteiger charge is -2.30. The van der Waals surface area contributed by atoms with E-state index in [1.807, 2.05) is 32.0 Å². The highest BCUT2D eigenvalue weighted by Gasteiger charge is 2.38. The minimum absolute atomic E-state index is 0.0937. The molecular formula is C21H30N2O3. The van der Waals surface area contributed by atoms with Crippen molar-refractivity contribution in [3.05, 3.63) is 34.9 Å². The number of hydrogen-bond acceptors (Lipinski definition) is 3. The van der Waals surface area contributed by atoms with Crippen LogP contribution in [0.5, 0.6) is 0 Å². The first-order valence-electron chi connectivity index (χ1n) is 9.83. The lowest BCUT2D eigenvalue weighted by molar-refractivity contribution is -0.132. The second-order valence-corrected chi connectivity index (χ2v) is 7.87. The number of benzene rings is 1. The van der Waals surface area contributed by atoms with Crippen molar-refractivity contribution in [3.63, 3.8) is 0 Å². The highest BCUT2D eigenvalue weighted by Crippen LogP contribution is 2.24. The molecule has 1 aliphatic heterocycles. The summed E-state index contributed by atoms with van der Waals surface area (Å²) in [5.41, 5.74) is 2.72. The number of carbonyl (C=O) groups excluding carboxylic acids is 2. The van der Waals surface area contributed by atoms with Crippen LogP contribution in [0, 0.1) is 13.8 Å². The van der Waals surface area contributed by atoms with Gasteiger partial charge in [-0.2, -0.15) is 0 Å². The van der Waals surface area contributed by atoms with Gasteiger partial charge in [-0.25, -0.2) is 0 Å². The first kappa shape index (κ1) is 18.9. The smallest absolute Gasteiger partial charge is 0.254 e. The number of amides is 2. The number of carbonyl (C=O) groups is 2. The molecule has 2 aliphatic rings. The minimum Gasteiger partial charge on any atom is -0.381 e. The third-order valence-corrected chi connectivity index (χ3v) is 5.61. The summed E-state index contributed by atoms with van der Waals surface area (Å²) in [6.45, 7) is 4.53. The van der Waals surface area contributed by atoms with Gasteiger partial charge in [-0.1, -0.05) is 36.5 Å². The molecule has 5 heteroatoms. The van der Waals surface area contributed by atoms with Crippen molar-refractivity contribution in [3.8, 4) is 0 Å². The number of aryl methyl sites for hydroxylation is 2. The minimum atomic E-state index is -1.16. The number of hydrogen-bond donors (Lipinski definition) is 2. The van der Waals surface area contributed by atoms with Crippen molar-refractivity contribution in [1.82, 2.24) is 10.2 Å². The van der Waals surface area contributed by atoms with Gasteiger partial charge in [0.1, 0.15) is 0 Å². The summed E-state index contributed by atoms with van der Waals surface area (Å²) in [6, 6.07) is 5.51. The molecule has 1 unspecified atom stereocenters. The third-order valence-electron chi connectivity index (χ3n) is 5.61. The van der Waals surface area contributed by atoms with E-state index in [4.69, 9.17) is 0 Å². The topological polar surface area (TPSA) is 69.6 Å². The monoisotopic (exact) mass is 358 g/mol. The van der Waals surface area contributed by atoms with Crippen molar-refractivity contribution in [1.29, 1.82) is 0 Å². The molecule has 0 aromatic heterocycles. The molecule has 1 heterocycles. The molecule has 1 aromatic rings. The molecule has 1 saturated carbocycles. The molecule has 142 valence electrons. The summed E-state index contributed by atoms with van der Waals surface area (Å²) < 4.78 is 0. The van der Waals surface area contributed by atoms with E-state index >= 15 is 0 Å². The van der Waals surface area contributed by atoms with Crippen molar-refractivity contribution < 1.29 is 14.7 Å². The van der Waals surface area contributed by atoms with E-state index < -0.39 is 12.1 Å². The van der Waals surface area contributed by atoms with Gasteiger partial charge in [-0.15, -0.1) is 0 Å². The van der Waals surface area contributed by atoms with Crippen molar-refractivity contribution >= 4 is 11.8 Å². The van der Waals surface area contributed by atoms with Gasteiger partial charge in [-0.3, -0.25) is 9.59 Å². The first-order valence-corrected chi connectivity index (χ1v) is 9.83. The Morgan fingerprint density at radius 1 is 1.04 bits per heavy atom. The third kappa shape index (κ3) is 4.26. The van der Waals surface area contributed by atoms with Crippen LogP contribution in [-0.4, -0.2) is 46.6 Å². The Labute approximate surface area is 155 Å². The average molecular weight is 358 g/mol. The maximum Gasteiger partial charge on any atom is 0.254 e. The summed E-state index contributed by atoms with van der Waals surface area (Å²) in [6.07, 6.45) is 5.75. The van der Waals surface area contributed by atoms with Gasteiger partial charge in [0.25, 0.3) is 11.8 Å². The fourth-order valence-electron chi connectivity index (χ4n) is 4.35. The number of nitrogens with one attached hydrogen (secondary N) is 1. The van der Waals surface area contributed by atoms with Crippen LogP contribution in [0.3, 0.4) is 0 Å². The van der Waals surface area contributed by atoms with E-state index in [1.54, 1.807) is 4.90 Å². The van der Waals surface area contributed by atoms with Gasteiger partial charge in [0.2, 0.25) is 0 Å². The molecule has 1 aromatic carbocycles. The average Bonchev–Trinajstić information content (AvgIpc) is 3.10. The van der Waals surface area contributed by atoms with Crippen LogP contribution >= 0.6 is 0 Å². The van der Waals surface area contributed by atoms with Crippen molar-refractivity contribution in [2.24, 2.45) is 0 Å². The molecule has 3 rings (SSSR count). The maximum absolute atomic E-state index is 13.0. The van der Waals surface area contributed by atoms with Crippen molar-refractivity contribution in [2.75, 3.05) is 6.54 Å². The van der Waals surface area contributed by atoms with Crippen LogP contribution in [0.1, 0.15) is 66.4 Å². The number of rotatable bonds is 4. The molecule has 0 radical (unpaired) electrons. The number of likely N-dealkylation sites (tertiary alicyclic amines) is 1. The van der Waals surface area contributed by atoms with E-state index in [1.165, 1.54) is 6.42 Å². The fraction of sp³-hybridized carbons (Fsp3) is 0.619. The SMILES string of the molecule is Cc1cc(C)cc(C(=O)N2CCC[C@H]2C(O)C(=O)NC2CCCCC2)c1. The summed E-state index contributed by atoms with van der Waals surface area (Å²) >= 11 is 0. The van der Waals surface area contributed by atoms with Crippen molar-refractivity contribution in [2.45, 2.75) is 77.0 Å². The molecule has 2 N–H and O–H groups in total. The van der Waals surface area contributed by atoms with Gasteiger partial charge < -0.3 is 15.3 Å². The second-order valence-electron chi connectivity index (χ2n) is 7.87. The van der Waals surface area contributed by atoms with Crippen LogP contribution in [0.4, 0.5) is 0 Å². The molecule has 1 aliphatic carbocycles. The van der Waals surface area contributed by atoms with Gasteiger partial charge in [0.15, 0.2) is 6.10 Å². The Kier molecular flexibility index (Phi) is 5.97. The molecule has 2 atom stereocenters. The number of nitrogens with zero attached hydrogens (tertiary/aromatic N) is 1. The molecule has 0 spiro atoms. The van der Waals surface area contributed by atoms with Gasteiger partial charge in [0, 0.05) is 18.2 Å². The molecule has 2 amide bonds. The Bertz CT molecular complexity index is 647. The Morgan fingerprint density at radius 2 is 1.69 bits per heavy atom. The highest BCUT2D eigenvalue weighted by molar-refractivity contribution is 5.95. The normalized spacial score (nSPS) is 22.3. The molecule has 5 nitrogen and oxygen atoms in total. The predicted octanol–water partition coefficient (Wildman–Crippen LogP) is 2.72. The van der Waals surface area contributed by atoms with Crippen LogP contribution in [0.15, 0.2) is 18.2 Å². The lowest BCUT2D eigenvalue weighted by Crippen LogP contribution is -2.52. The van der Waals surface area contributed by atoms with Crippen LogP contribution in [-0.2, 0) is 4.79 Å². The maximum atomic E-state index is 13.0. The molecule has 2 fully saturated rings. The number of aliphatic hydroxyl groups excluding tert-OH is 1. The van der Waals surface area contributed by atoms with Crippen LogP contribution < -0.4 is 5.32 Å². The quantitative estimate of drug-likeness (QED) is 0.869. The summed E-state index contributed by atoms with van der Waals surface area (Å²) in [5, 5.41) is 13.6. The highest BCUT2D eigenvalue weighted by atomic mass is 16.3. The zero-order valence-corrected chi connectivity index (χ0v) is 15.8. The largest absolute Gasteiger partial charge is 0.381 e. The molecule has 26 heavy (non-hydrogen) atoms. The molecule has 1 saturated heterocycles. The molecular weight excluding hydrogens is 328 g/mol. The molecule has 0 bridgehead atoms. The van der Waals surface area contributed by atoms with E-state index in [-0.39, 0.29) is 17.9 Å². The predicted molar refractivity (Wildman–Crippen MR) is 101 cm³/mol. The Hall–Kier alpha value is -1.88. The van der Waals surface area contributed by atoms with Gasteiger partial charge in [0.05, 0.1) is 6.04 Å². The lowest BCUT2D eigenvalue weighted by atomic mass is 9.95. The van der Waals surface area contributed by atoms with Gasteiger partial charge >= 0.3 is 0 Å². The zero-order valence-electron chi connectivity index (χ0n) is 15.8. The van der Waals surface area contributed by atoms with E-state index in [0.717, 1.165) is 43.2 Å².